The zero-order valence-electron chi connectivity index (χ0n) is 2.51. The molecule has 0 unspecified atom stereocenters. The molecule has 6 heavy (non-hydrogen) atoms. The van der Waals surface area contributed by atoms with Gasteiger partial charge in [0.1, 0.15) is 0 Å². The molecule has 0 amide bonds. The van der Waals surface area contributed by atoms with Gasteiger partial charge in [0.25, 0.3) is 0 Å². The summed E-state index contributed by atoms with van der Waals surface area (Å²) in [6, 6.07) is 0. The average molecular weight is 326 g/mol. The Bertz CT molecular complexity index is 90.7. The van der Waals surface area contributed by atoms with Gasteiger partial charge in [-0.05, 0) is 0 Å². The van der Waals surface area contributed by atoms with E-state index in [-0.39, 0.29) is 27.3 Å². The van der Waals surface area contributed by atoms with Crippen molar-refractivity contribution in [1.82, 2.24) is 0 Å². The largest absolute Gasteiger partial charge is 2.00 e. The van der Waals surface area contributed by atoms with Crippen molar-refractivity contribution < 1.29 is 29.4 Å². The van der Waals surface area contributed by atoms with Crippen molar-refractivity contribution >= 4 is 27.3 Å². The van der Waals surface area contributed by atoms with Crippen LogP contribution in [0.15, 0.2) is 0 Å². The van der Waals surface area contributed by atoms with E-state index in [1.54, 1.807) is 0 Å². The quantitative estimate of drug-likeness (QED) is 0.445. The molecule has 0 fully saturated rings. The van der Waals surface area contributed by atoms with Crippen LogP contribution < -0.4 is 8.38 Å². The van der Waals surface area contributed by atoms with Gasteiger partial charge in [-0.1, -0.05) is 0 Å². The van der Waals surface area contributed by atoms with Crippen LogP contribution in [0, 0.1) is 0 Å². The van der Waals surface area contributed by atoms with Crippen molar-refractivity contribution in [2.75, 3.05) is 0 Å². The summed E-state index contributed by atoms with van der Waals surface area (Å²) < 4.78 is 34.3. The molecule has 0 aromatic heterocycles. The molecule has 0 heterocycles. The molecular formula is MnO4Pb. The van der Waals surface area contributed by atoms with Crippen LogP contribution in [0.3, 0.4) is 0 Å². The van der Waals surface area contributed by atoms with E-state index in [1.165, 1.54) is 0 Å². The zero-order valence-corrected chi connectivity index (χ0v) is 7.58. The Morgan fingerprint density at radius 1 is 1.17 bits per heavy atom. The molecule has 0 aliphatic heterocycles. The van der Waals surface area contributed by atoms with E-state index in [4.69, 9.17) is 16.0 Å². The van der Waals surface area contributed by atoms with Crippen molar-refractivity contribution in [2.45, 2.75) is 0 Å². The van der Waals surface area contributed by atoms with Gasteiger partial charge in [-0.25, -0.2) is 0 Å². The fourth-order valence-corrected chi connectivity index (χ4v) is 0. The standard InChI is InChI=1S/Mn.4O.Pb/q;;;2*-1;+2. The van der Waals surface area contributed by atoms with Gasteiger partial charge < -0.3 is 0 Å². The number of hydrogen-bond acceptors (Lipinski definition) is 4. The Kier molecular flexibility index (Phi) is 5.07. The zero-order chi connectivity index (χ0) is 4.50. The van der Waals surface area contributed by atoms with Crippen molar-refractivity contribution in [3.8, 4) is 0 Å². The van der Waals surface area contributed by atoms with Crippen LogP contribution in [0.1, 0.15) is 0 Å². The summed E-state index contributed by atoms with van der Waals surface area (Å²) in [5.41, 5.74) is 0. The Morgan fingerprint density at radius 3 is 1.17 bits per heavy atom. The first-order chi connectivity index (χ1) is 2.00. The van der Waals surface area contributed by atoms with E-state index < -0.39 is 13.4 Å². The first-order valence-electron chi connectivity index (χ1n) is 0.617. The molecule has 0 saturated carbocycles. The normalized spacial score (nSPS) is 9.67. The molecule has 0 rings (SSSR count). The molecule has 0 atom stereocenters. The predicted molar refractivity (Wildman–Crippen MR) is 7.13 cm³/mol. The topological polar surface area (TPSA) is 80.3 Å². The van der Waals surface area contributed by atoms with Gasteiger partial charge in [0, 0.05) is 0 Å². The van der Waals surface area contributed by atoms with E-state index in [0.29, 0.717) is 0 Å². The monoisotopic (exact) mass is 327 g/mol. The molecule has 35 valence electrons. The summed E-state index contributed by atoms with van der Waals surface area (Å²) in [4.78, 5) is 0. The second-order valence-corrected chi connectivity index (χ2v) is 1.56. The maximum Gasteiger partial charge on any atom is 2.00 e. The summed E-state index contributed by atoms with van der Waals surface area (Å²) in [6.07, 6.45) is 0. The van der Waals surface area contributed by atoms with Gasteiger partial charge in [-0.15, -0.1) is 0 Å². The van der Waals surface area contributed by atoms with Crippen molar-refractivity contribution in [3.05, 3.63) is 0 Å². The van der Waals surface area contributed by atoms with Crippen LogP contribution >= 0.6 is 0 Å². The van der Waals surface area contributed by atoms with Crippen LogP contribution in [0.5, 0.6) is 0 Å². The maximum atomic E-state index is 8.58. The molecule has 0 aromatic rings. The second kappa shape index (κ2) is 3.03. The van der Waals surface area contributed by atoms with Crippen LogP contribution in [0.2, 0.25) is 0 Å². The molecule has 0 aliphatic carbocycles. The average Bonchev–Trinajstić information content (AvgIpc) is 0.722. The Labute approximate surface area is 56.6 Å². The molecule has 0 bridgehead atoms. The number of hydrogen-bond donors (Lipinski definition) is 0. The van der Waals surface area contributed by atoms with E-state index in [1.807, 2.05) is 0 Å². The molecule has 0 spiro atoms. The van der Waals surface area contributed by atoms with Gasteiger partial charge >= 0.3 is 56.7 Å². The second-order valence-electron chi connectivity index (χ2n) is 0.378. The minimum atomic E-state index is -5.62. The smallest absolute Gasteiger partial charge is 2.00 e. The maximum absolute atomic E-state index is 8.58. The summed E-state index contributed by atoms with van der Waals surface area (Å²) in [5, 5.41) is 0. The van der Waals surface area contributed by atoms with Gasteiger partial charge in [0.2, 0.25) is 0 Å². The first-order valence-corrected chi connectivity index (χ1v) is 2.54. The van der Waals surface area contributed by atoms with Crippen LogP contribution in [0.25, 0.3) is 0 Å². The molecule has 0 aromatic carbocycles. The Morgan fingerprint density at radius 2 is 1.17 bits per heavy atom. The molecule has 6 heteroatoms. The Balaban J connectivity index is 0. The summed E-state index contributed by atoms with van der Waals surface area (Å²) in [7, 11) is 0. The van der Waals surface area contributed by atoms with E-state index >= 15 is 0 Å². The third kappa shape index (κ3) is 84.2. The van der Waals surface area contributed by atoms with Crippen LogP contribution in [-0.2, 0) is 21.0 Å². The minimum Gasteiger partial charge on any atom is 2.00 e. The number of rotatable bonds is 0. The first kappa shape index (κ1) is 10.1. The van der Waals surface area contributed by atoms with Crippen molar-refractivity contribution in [2.24, 2.45) is 0 Å². The van der Waals surface area contributed by atoms with E-state index in [2.05, 4.69) is 0 Å². The van der Waals surface area contributed by atoms with Crippen LogP contribution in [0.4, 0.5) is 0 Å². The summed E-state index contributed by atoms with van der Waals surface area (Å²) >= 11 is -5.62. The summed E-state index contributed by atoms with van der Waals surface area (Å²) in [5.74, 6) is 0. The molecule has 0 saturated heterocycles. The van der Waals surface area contributed by atoms with E-state index in [0.717, 1.165) is 0 Å². The van der Waals surface area contributed by atoms with Crippen molar-refractivity contribution in [1.29, 1.82) is 0 Å². The van der Waals surface area contributed by atoms with Crippen molar-refractivity contribution in [3.63, 3.8) is 0 Å². The molecular weight excluding hydrogens is 326 g/mol. The fourth-order valence-electron chi connectivity index (χ4n) is 0. The fraction of sp³-hybridized carbons (Fsp3) is 0. The van der Waals surface area contributed by atoms with E-state index in [9.17, 15) is 0 Å². The van der Waals surface area contributed by atoms with Gasteiger partial charge in [0.05, 0.1) is 0 Å². The predicted octanol–water partition coefficient (Wildman–Crippen LogP) is -3.00. The van der Waals surface area contributed by atoms with Gasteiger partial charge in [0.15, 0.2) is 0 Å². The Hall–Kier alpha value is 0.962. The molecule has 4 nitrogen and oxygen atoms in total. The van der Waals surface area contributed by atoms with Gasteiger partial charge in [-0.2, -0.15) is 0 Å². The minimum absolute atomic E-state index is 0. The molecule has 0 aliphatic rings. The van der Waals surface area contributed by atoms with Crippen LogP contribution in [-0.4, -0.2) is 27.3 Å². The molecule has 0 N–H and O–H groups in total. The third-order valence-corrected chi connectivity index (χ3v) is 0. The third-order valence-electron chi connectivity index (χ3n) is 0. The SMILES string of the molecule is [O]=[Mn](=[O])([O-])[O-].[Pb+2]. The van der Waals surface area contributed by atoms with Gasteiger partial charge in [-0.3, -0.25) is 0 Å². The molecule has 2 radical (unpaired) electrons. The summed E-state index contributed by atoms with van der Waals surface area (Å²) in [6.45, 7) is 0.